The van der Waals surface area contributed by atoms with Gasteiger partial charge in [-0.3, -0.25) is 0 Å². The topological polar surface area (TPSA) is 50.4 Å². The molecule has 0 saturated carbocycles. The zero-order valence-corrected chi connectivity index (χ0v) is 5.23. The average molecular weight is 113 g/mol. The molecule has 0 unspecified atom stereocenters. The van der Waals surface area contributed by atoms with Crippen molar-refractivity contribution in [3.05, 3.63) is 12.4 Å². The number of nitrogens with two attached hydrogens (primary N) is 1. The van der Waals surface area contributed by atoms with Crippen molar-refractivity contribution in [2.75, 3.05) is 0 Å². The summed E-state index contributed by atoms with van der Waals surface area (Å²) >= 11 is 0. The first kappa shape index (κ1) is 7.17. The second kappa shape index (κ2) is 3.21. The Morgan fingerprint density at radius 1 is 1.62 bits per heavy atom. The molecule has 0 aliphatic heterocycles. The summed E-state index contributed by atoms with van der Waals surface area (Å²) in [5.74, 6) is 5.45. The monoisotopic (exact) mass is 113 g/mol. The van der Waals surface area contributed by atoms with Crippen LogP contribution in [0, 0.1) is 0 Å². The van der Waals surface area contributed by atoms with Crippen LogP contribution in [-0.4, -0.2) is 5.71 Å². The van der Waals surface area contributed by atoms with E-state index in [9.17, 15) is 0 Å². The van der Waals surface area contributed by atoms with Crippen LogP contribution in [0.25, 0.3) is 0 Å². The maximum absolute atomic E-state index is 4.96. The van der Waals surface area contributed by atoms with Crippen LogP contribution in [0.5, 0.6) is 0 Å². The second-order valence-electron chi connectivity index (χ2n) is 1.65. The highest BCUT2D eigenvalue weighted by Gasteiger charge is 1.80. The number of rotatable bonds is 2. The minimum Gasteiger partial charge on any atom is -0.309 e. The largest absolute Gasteiger partial charge is 0.309 e. The Labute approximate surface area is 49.3 Å². The molecule has 0 bridgehead atoms. The smallest absolute Gasteiger partial charge is 0.132 e. The maximum Gasteiger partial charge on any atom is 0.132 e. The van der Waals surface area contributed by atoms with Crippen molar-refractivity contribution >= 4 is 5.71 Å². The first-order valence-electron chi connectivity index (χ1n) is 2.34. The molecule has 3 N–H and O–H groups in total. The quantitative estimate of drug-likeness (QED) is 0.309. The zero-order chi connectivity index (χ0) is 6.57. The van der Waals surface area contributed by atoms with E-state index in [4.69, 9.17) is 5.84 Å². The molecule has 0 aliphatic rings. The third-order valence-electron chi connectivity index (χ3n) is 0.525. The molecule has 8 heavy (non-hydrogen) atoms. The van der Waals surface area contributed by atoms with E-state index in [1.165, 1.54) is 0 Å². The van der Waals surface area contributed by atoms with Gasteiger partial charge in [0, 0.05) is 5.71 Å². The summed E-state index contributed by atoms with van der Waals surface area (Å²) in [7, 11) is 0. The van der Waals surface area contributed by atoms with Crippen LogP contribution < -0.4 is 11.3 Å². The van der Waals surface area contributed by atoms with Gasteiger partial charge in [-0.05, 0) is 13.8 Å². The van der Waals surface area contributed by atoms with Crippen LogP contribution >= 0.6 is 0 Å². The van der Waals surface area contributed by atoms with E-state index in [1.807, 2.05) is 13.8 Å². The lowest BCUT2D eigenvalue weighted by atomic mass is 10.5. The number of nitrogens with zero attached hydrogens (tertiary/aromatic N) is 1. The highest BCUT2D eigenvalue weighted by atomic mass is 15.3. The van der Waals surface area contributed by atoms with Crippen LogP contribution in [-0.2, 0) is 0 Å². The molecule has 0 spiro atoms. The van der Waals surface area contributed by atoms with Gasteiger partial charge >= 0.3 is 0 Å². The minimum atomic E-state index is 0.491. The molecule has 0 atom stereocenters. The van der Waals surface area contributed by atoms with Crippen LogP contribution in [0.3, 0.4) is 0 Å². The van der Waals surface area contributed by atoms with E-state index in [0.29, 0.717) is 5.82 Å². The van der Waals surface area contributed by atoms with Gasteiger partial charge in [0.15, 0.2) is 0 Å². The fraction of sp³-hybridized carbons (Fsp3) is 0.400. The summed E-state index contributed by atoms with van der Waals surface area (Å²) in [6.07, 6.45) is 0. The summed E-state index contributed by atoms with van der Waals surface area (Å²) in [5, 5.41) is 0. The molecular weight excluding hydrogens is 102 g/mol. The van der Waals surface area contributed by atoms with Crippen LogP contribution in [0.1, 0.15) is 13.8 Å². The normalized spacial score (nSPS) is 7.88. The number of nitrogens with one attached hydrogen (secondary N) is 1. The fourth-order valence-electron chi connectivity index (χ4n) is 0.302. The van der Waals surface area contributed by atoms with E-state index in [-0.39, 0.29) is 0 Å². The first-order valence-corrected chi connectivity index (χ1v) is 2.34. The molecule has 0 fully saturated rings. The van der Waals surface area contributed by atoms with Gasteiger partial charge in [-0.25, -0.2) is 10.8 Å². The number of hydrazine groups is 1. The Morgan fingerprint density at radius 2 is 2.12 bits per heavy atom. The van der Waals surface area contributed by atoms with E-state index in [1.54, 1.807) is 0 Å². The van der Waals surface area contributed by atoms with Crippen molar-refractivity contribution in [1.82, 2.24) is 5.43 Å². The van der Waals surface area contributed by atoms with Crippen molar-refractivity contribution in [1.29, 1.82) is 0 Å². The number of hydrogen-bond acceptors (Lipinski definition) is 3. The molecule has 0 aromatic carbocycles. The van der Waals surface area contributed by atoms with Crippen molar-refractivity contribution in [3.63, 3.8) is 0 Å². The molecular formula is C5H11N3. The summed E-state index contributed by atoms with van der Waals surface area (Å²) in [6, 6.07) is 0. The molecule has 3 heteroatoms. The Balaban J connectivity index is 3.70. The summed E-state index contributed by atoms with van der Waals surface area (Å²) < 4.78 is 0. The Kier molecular flexibility index (Phi) is 2.88. The van der Waals surface area contributed by atoms with Gasteiger partial charge in [-0.2, -0.15) is 0 Å². The average Bonchev–Trinajstić information content (AvgIpc) is 1.65. The zero-order valence-electron chi connectivity index (χ0n) is 5.23. The highest BCUT2D eigenvalue weighted by molar-refractivity contribution is 5.79. The van der Waals surface area contributed by atoms with Crippen molar-refractivity contribution in [2.24, 2.45) is 10.8 Å². The lowest BCUT2D eigenvalue weighted by molar-refractivity contribution is 0.874. The molecule has 0 aromatic heterocycles. The van der Waals surface area contributed by atoms with Gasteiger partial charge in [0.1, 0.15) is 5.82 Å². The molecule has 0 radical (unpaired) electrons. The standard InChI is InChI=1S/C5H11N3/c1-4(2)7-5(3)8-6/h8H,3,6H2,1-2H3. The third kappa shape index (κ3) is 3.36. The lowest BCUT2D eigenvalue weighted by Crippen LogP contribution is -2.19. The van der Waals surface area contributed by atoms with Crippen molar-refractivity contribution < 1.29 is 0 Å². The van der Waals surface area contributed by atoms with Gasteiger partial charge in [0.05, 0.1) is 0 Å². The SMILES string of the molecule is C=C(N=C(C)C)NN. The molecule has 46 valence electrons. The van der Waals surface area contributed by atoms with Crippen molar-refractivity contribution in [2.45, 2.75) is 13.8 Å². The third-order valence-corrected chi connectivity index (χ3v) is 0.525. The predicted octanol–water partition coefficient (Wildman–Crippen LogP) is 0.402. The van der Waals surface area contributed by atoms with Crippen molar-refractivity contribution in [3.8, 4) is 0 Å². The fourth-order valence-corrected chi connectivity index (χ4v) is 0.302. The number of hydrogen-bond donors (Lipinski definition) is 2. The van der Waals surface area contributed by atoms with Gasteiger partial charge in [-0.15, -0.1) is 0 Å². The molecule has 0 heterocycles. The van der Waals surface area contributed by atoms with Gasteiger partial charge in [0.25, 0.3) is 0 Å². The molecule has 3 nitrogen and oxygen atoms in total. The first-order chi connectivity index (χ1) is 3.66. The van der Waals surface area contributed by atoms with E-state index >= 15 is 0 Å². The highest BCUT2D eigenvalue weighted by Crippen LogP contribution is 1.83. The molecule has 0 aliphatic carbocycles. The minimum absolute atomic E-state index is 0.491. The van der Waals surface area contributed by atoms with Crippen LogP contribution in [0.4, 0.5) is 0 Å². The molecule has 0 rings (SSSR count). The Hall–Kier alpha value is -0.830. The molecule has 0 amide bonds. The molecule has 0 saturated heterocycles. The summed E-state index contributed by atoms with van der Waals surface area (Å²) in [6.45, 7) is 7.24. The Morgan fingerprint density at radius 3 is 2.25 bits per heavy atom. The maximum atomic E-state index is 4.96. The lowest BCUT2D eigenvalue weighted by Gasteiger charge is -1.95. The number of aliphatic imine (C=N–C) groups is 1. The summed E-state index contributed by atoms with van der Waals surface area (Å²) in [5.41, 5.74) is 3.25. The Bertz CT molecular complexity index is 111. The van der Waals surface area contributed by atoms with Crippen LogP contribution in [0.15, 0.2) is 17.4 Å². The van der Waals surface area contributed by atoms with Crippen LogP contribution in [0.2, 0.25) is 0 Å². The predicted molar refractivity (Wildman–Crippen MR) is 35.2 cm³/mol. The van der Waals surface area contributed by atoms with Gasteiger partial charge < -0.3 is 5.43 Å². The second-order valence-corrected chi connectivity index (χ2v) is 1.65. The van der Waals surface area contributed by atoms with E-state index < -0.39 is 0 Å². The van der Waals surface area contributed by atoms with Gasteiger partial charge in [0.2, 0.25) is 0 Å². The van der Waals surface area contributed by atoms with E-state index in [0.717, 1.165) is 5.71 Å². The van der Waals surface area contributed by atoms with Gasteiger partial charge in [-0.1, -0.05) is 6.58 Å². The molecule has 0 aromatic rings. The van der Waals surface area contributed by atoms with E-state index in [2.05, 4.69) is 17.0 Å². The summed E-state index contributed by atoms with van der Waals surface area (Å²) in [4.78, 5) is 3.88.